The van der Waals surface area contributed by atoms with Crippen molar-refractivity contribution in [3.63, 3.8) is 0 Å². The van der Waals surface area contributed by atoms with Gasteiger partial charge < -0.3 is 20.6 Å². The van der Waals surface area contributed by atoms with Crippen LogP contribution in [0.15, 0.2) is 30.3 Å². The molecule has 3 N–H and O–H groups in total. The molecule has 0 atom stereocenters. The fourth-order valence-electron chi connectivity index (χ4n) is 3.49. The lowest BCUT2D eigenvalue weighted by Crippen LogP contribution is -2.67. The van der Waals surface area contributed by atoms with Crippen LogP contribution in [0.3, 0.4) is 0 Å². The molecule has 9 heteroatoms. The van der Waals surface area contributed by atoms with Crippen LogP contribution in [0, 0.1) is 21.0 Å². The van der Waals surface area contributed by atoms with Crippen LogP contribution in [-0.4, -0.2) is 47.7 Å². The van der Waals surface area contributed by atoms with E-state index in [2.05, 4.69) is 17.6 Å². The van der Waals surface area contributed by atoms with Gasteiger partial charge in [-0.1, -0.05) is 19.8 Å². The van der Waals surface area contributed by atoms with E-state index in [9.17, 15) is 23.1 Å². The molecule has 2 aromatic carbocycles. The summed E-state index contributed by atoms with van der Waals surface area (Å²) in [7, 11) is 0. The van der Waals surface area contributed by atoms with Crippen LogP contribution in [0.4, 0.5) is 24.5 Å². The number of unbranched alkanes of at least 4 members (excludes halogenated alkanes) is 2. The maximum Gasteiger partial charge on any atom is 0.256 e. The van der Waals surface area contributed by atoms with Gasteiger partial charge in [-0.05, 0) is 65.9 Å². The second kappa shape index (κ2) is 10.2. The number of rotatable bonds is 9. The molecule has 0 aromatic heterocycles. The molecular formula is C22H25F3IN3O2. The van der Waals surface area contributed by atoms with Crippen molar-refractivity contribution in [1.29, 1.82) is 0 Å². The zero-order valence-electron chi connectivity index (χ0n) is 17.2. The van der Waals surface area contributed by atoms with Gasteiger partial charge in [-0.3, -0.25) is 4.79 Å². The third-order valence-electron chi connectivity index (χ3n) is 5.18. The molecule has 1 saturated heterocycles. The Morgan fingerprint density at radius 2 is 1.90 bits per heavy atom. The lowest BCUT2D eigenvalue weighted by atomic mass is 9.92. The number of benzene rings is 2. The first-order chi connectivity index (χ1) is 14.7. The van der Waals surface area contributed by atoms with Crippen LogP contribution in [-0.2, 0) is 0 Å². The van der Waals surface area contributed by atoms with Crippen molar-refractivity contribution in [3.8, 4) is 0 Å². The number of aliphatic hydroxyl groups is 1. The van der Waals surface area contributed by atoms with Crippen LogP contribution < -0.4 is 10.6 Å². The normalized spacial score (nSPS) is 15.0. The number of carbonyl (C=O) groups is 1. The Balaban J connectivity index is 1.71. The molecule has 31 heavy (non-hydrogen) atoms. The molecule has 1 heterocycles. The summed E-state index contributed by atoms with van der Waals surface area (Å²) in [6.45, 7) is 3.38. The number of nitrogens with one attached hydrogen (secondary N) is 2. The lowest BCUT2D eigenvalue weighted by molar-refractivity contribution is -0.0784. The Hall–Kier alpha value is -1.85. The number of hydrogen-bond acceptors (Lipinski definition) is 4. The quantitative estimate of drug-likeness (QED) is 0.322. The Morgan fingerprint density at radius 3 is 2.58 bits per heavy atom. The van der Waals surface area contributed by atoms with Crippen LogP contribution in [0.25, 0.3) is 0 Å². The number of β-amino-alcohol motifs (C(OH)–C–C–N with tert-alkyl or cyclic N) is 1. The third-order valence-corrected chi connectivity index (χ3v) is 5.86. The molecule has 5 nitrogen and oxygen atoms in total. The molecule has 1 fully saturated rings. The topological polar surface area (TPSA) is 64.6 Å². The first-order valence-electron chi connectivity index (χ1n) is 10.2. The number of anilines is 2. The summed E-state index contributed by atoms with van der Waals surface area (Å²) in [5.41, 5.74) is -1.69. The number of amides is 1. The van der Waals surface area contributed by atoms with Crippen LogP contribution in [0.5, 0.6) is 0 Å². The van der Waals surface area contributed by atoms with Crippen LogP contribution in [0.1, 0.15) is 36.5 Å². The van der Waals surface area contributed by atoms with Crippen molar-refractivity contribution in [2.24, 2.45) is 0 Å². The van der Waals surface area contributed by atoms with E-state index in [0.717, 1.165) is 37.9 Å². The predicted octanol–water partition coefficient (Wildman–Crippen LogP) is 4.42. The number of carbonyl (C=O) groups excluding carboxylic acids is 1. The molecule has 0 saturated carbocycles. The van der Waals surface area contributed by atoms with Crippen molar-refractivity contribution in [1.82, 2.24) is 10.2 Å². The first kappa shape index (κ1) is 23.8. The molecule has 168 valence electrons. The van der Waals surface area contributed by atoms with E-state index >= 15 is 0 Å². The summed E-state index contributed by atoms with van der Waals surface area (Å²) in [4.78, 5) is 14.3. The number of likely N-dealkylation sites (tertiary alicyclic amines) is 1. The third kappa shape index (κ3) is 5.69. The lowest BCUT2D eigenvalue weighted by Gasteiger charge is -2.46. The van der Waals surface area contributed by atoms with E-state index in [4.69, 9.17) is 0 Å². The Bertz CT molecular complexity index is 952. The zero-order chi connectivity index (χ0) is 22.6. The highest BCUT2D eigenvalue weighted by Gasteiger charge is 2.44. The van der Waals surface area contributed by atoms with E-state index < -0.39 is 34.6 Å². The molecule has 0 bridgehead atoms. The van der Waals surface area contributed by atoms with E-state index in [-0.39, 0.29) is 24.3 Å². The first-order valence-corrected chi connectivity index (χ1v) is 11.2. The van der Waals surface area contributed by atoms with E-state index in [1.54, 1.807) is 6.07 Å². The van der Waals surface area contributed by atoms with Gasteiger partial charge in [0.15, 0.2) is 11.6 Å². The number of hydrogen-bond donors (Lipinski definition) is 3. The Morgan fingerprint density at radius 1 is 1.16 bits per heavy atom. The SMILES string of the molecule is CCCCCNCC1(O)CN(C(=O)c2ccc(F)c(F)c2Nc2ccc(I)cc2F)C1. The standard InChI is InChI=1S/C22H25F3IN3O2/c1-2-3-4-9-27-11-22(31)12-29(13-22)21(30)15-6-7-16(23)19(25)20(15)28-18-8-5-14(26)10-17(18)24/h5-8,10,27-28,31H,2-4,9,11-13H2,1H3. The van der Waals surface area contributed by atoms with E-state index in [1.807, 2.05) is 22.6 Å². The Labute approximate surface area is 193 Å². The number of nitrogens with zero attached hydrogens (tertiary/aromatic N) is 1. The minimum absolute atomic E-state index is 0.0724. The molecule has 0 aliphatic carbocycles. The Kier molecular flexibility index (Phi) is 7.82. The molecule has 0 unspecified atom stereocenters. The van der Waals surface area contributed by atoms with Crippen molar-refractivity contribution in [2.45, 2.75) is 31.8 Å². The zero-order valence-corrected chi connectivity index (χ0v) is 19.3. The van der Waals surface area contributed by atoms with Crippen molar-refractivity contribution < 1.29 is 23.1 Å². The minimum Gasteiger partial charge on any atom is -0.385 e. The molecule has 0 radical (unpaired) electrons. The molecule has 2 aromatic rings. The monoisotopic (exact) mass is 547 g/mol. The molecule has 1 aliphatic heterocycles. The fraction of sp³-hybridized carbons (Fsp3) is 0.409. The van der Waals surface area contributed by atoms with E-state index in [1.165, 1.54) is 17.0 Å². The highest BCUT2D eigenvalue weighted by molar-refractivity contribution is 14.1. The summed E-state index contributed by atoms with van der Waals surface area (Å²) >= 11 is 1.93. The van der Waals surface area contributed by atoms with Crippen molar-refractivity contribution >= 4 is 39.9 Å². The van der Waals surface area contributed by atoms with Crippen LogP contribution >= 0.6 is 22.6 Å². The van der Waals surface area contributed by atoms with Gasteiger partial charge in [0, 0.05) is 10.1 Å². The fourth-order valence-corrected chi connectivity index (χ4v) is 3.94. The summed E-state index contributed by atoms with van der Waals surface area (Å²) < 4.78 is 43.2. The molecule has 1 aliphatic rings. The summed E-state index contributed by atoms with van der Waals surface area (Å²) in [6, 6.07) is 6.26. The second-order valence-electron chi connectivity index (χ2n) is 7.80. The van der Waals surface area contributed by atoms with Gasteiger partial charge in [-0.25, -0.2) is 13.2 Å². The summed E-state index contributed by atoms with van der Waals surface area (Å²) in [5.74, 6) is -3.64. The van der Waals surface area contributed by atoms with E-state index in [0.29, 0.717) is 10.1 Å². The highest BCUT2D eigenvalue weighted by atomic mass is 127. The molecule has 1 amide bonds. The minimum atomic E-state index is -1.27. The van der Waals surface area contributed by atoms with Crippen LogP contribution in [0.2, 0.25) is 0 Å². The van der Waals surface area contributed by atoms with Gasteiger partial charge in [-0.15, -0.1) is 0 Å². The maximum atomic E-state index is 14.5. The van der Waals surface area contributed by atoms with Gasteiger partial charge in [0.25, 0.3) is 5.91 Å². The van der Waals surface area contributed by atoms with Gasteiger partial charge in [0.05, 0.1) is 30.0 Å². The van der Waals surface area contributed by atoms with Gasteiger partial charge in [-0.2, -0.15) is 0 Å². The average Bonchev–Trinajstić information content (AvgIpc) is 2.70. The van der Waals surface area contributed by atoms with Gasteiger partial charge >= 0.3 is 0 Å². The smallest absolute Gasteiger partial charge is 0.256 e. The molecule has 0 spiro atoms. The predicted molar refractivity (Wildman–Crippen MR) is 122 cm³/mol. The second-order valence-corrected chi connectivity index (χ2v) is 9.05. The summed E-state index contributed by atoms with van der Waals surface area (Å²) in [6.07, 6.45) is 3.21. The largest absolute Gasteiger partial charge is 0.385 e. The van der Waals surface area contributed by atoms with Gasteiger partial charge in [0.1, 0.15) is 11.4 Å². The van der Waals surface area contributed by atoms with Crippen molar-refractivity contribution in [3.05, 3.63) is 56.9 Å². The van der Waals surface area contributed by atoms with Gasteiger partial charge in [0.2, 0.25) is 0 Å². The van der Waals surface area contributed by atoms with Crippen molar-refractivity contribution in [2.75, 3.05) is 31.5 Å². The molecular weight excluding hydrogens is 522 g/mol. The summed E-state index contributed by atoms with van der Waals surface area (Å²) in [5, 5.41) is 16.2. The average molecular weight is 547 g/mol. The number of halogens is 4. The highest BCUT2D eigenvalue weighted by Crippen LogP contribution is 2.31. The maximum absolute atomic E-state index is 14.5. The molecule has 3 rings (SSSR count).